The van der Waals surface area contributed by atoms with Gasteiger partial charge < -0.3 is 5.32 Å². The van der Waals surface area contributed by atoms with Gasteiger partial charge >= 0.3 is 0 Å². The maximum atomic E-state index is 13.5. The summed E-state index contributed by atoms with van der Waals surface area (Å²) in [6.07, 6.45) is -2.79. The second-order valence-electron chi connectivity index (χ2n) is 3.43. The highest BCUT2D eigenvalue weighted by molar-refractivity contribution is 5.92. The van der Waals surface area contributed by atoms with Crippen LogP contribution in [0.2, 0.25) is 0 Å². The summed E-state index contributed by atoms with van der Waals surface area (Å²) in [6, 6.07) is 2.66. The first-order valence-electron chi connectivity index (χ1n) is 4.78. The number of benzene rings is 1. The van der Waals surface area contributed by atoms with Gasteiger partial charge in [-0.3, -0.25) is 0 Å². The van der Waals surface area contributed by atoms with Crippen LogP contribution in [0.5, 0.6) is 0 Å². The van der Waals surface area contributed by atoms with E-state index in [1.165, 1.54) is 7.05 Å². The number of halogens is 4. The number of pyridine rings is 1. The molecule has 0 unspecified atom stereocenters. The van der Waals surface area contributed by atoms with Gasteiger partial charge in [-0.25, -0.2) is 22.5 Å². The minimum absolute atomic E-state index is 0.00157. The Morgan fingerprint density at radius 3 is 2.47 bits per heavy atom. The number of alkyl halides is 2. The van der Waals surface area contributed by atoms with Crippen molar-refractivity contribution in [3.05, 3.63) is 35.5 Å². The summed E-state index contributed by atoms with van der Waals surface area (Å²) in [5, 5.41) is 2.59. The number of nitrogens with one attached hydrogen (secondary N) is 1. The van der Waals surface area contributed by atoms with E-state index in [1.54, 1.807) is 0 Å². The summed E-state index contributed by atoms with van der Waals surface area (Å²) in [4.78, 5) is 3.54. The van der Waals surface area contributed by atoms with E-state index in [2.05, 4.69) is 10.3 Å². The van der Waals surface area contributed by atoms with Crippen LogP contribution in [0, 0.1) is 11.6 Å². The molecule has 0 bridgehead atoms. The Balaban J connectivity index is 2.82. The maximum absolute atomic E-state index is 13.5. The summed E-state index contributed by atoms with van der Waals surface area (Å²) in [6.45, 7) is 0. The molecule has 0 radical (unpaired) electrons. The van der Waals surface area contributed by atoms with Gasteiger partial charge in [-0.05, 0) is 6.07 Å². The molecule has 2 aromatic rings. The summed E-state index contributed by atoms with van der Waals surface area (Å²) in [7, 11) is 1.47. The highest BCUT2D eigenvalue weighted by Gasteiger charge is 2.16. The largest absolute Gasteiger partial charge is 0.387 e. The van der Waals surface area contributed by atoms with Gasteiger partial charge in [0.05, 0.1) is 10.9 Å². The third kappa shape index (κ3) is 2.02. The fourth-order valence-corrected chi connectivity index (χ4v) is 1.62. The van der Waals surface area contributed by atoms with E-state index in [-0.39, 0.29) is 16.6 Å². The topological polar surface area (TPSA) is 24.9 Å². The van der Waals surface area contributed by atoms with Crippen LogP contribution >= 0.6 is 0 Å². The Hall–Kier alpha value is -1.85. The lowest BCUT2D eigenvalue weighted by Gasteiger charge is -2.09. The Bertz CT molecular complexity index is 569. The molecule has 1 aromatic heterocycles. The first-order chi connectivity index (χ1) is 8.02. The van der Waals surface area contributed by atoms with E-state index in [9.17, 15) is 17.6 Å². The molecule has 0 aliphatic carbocycles. The lowest BCUT2D eigenvalue weighted by atomic mass is 10.1. The molecule has 0 aliphatic heterocycles. The van der Waals surface area contributed by atoms with E-state index < -0.39 is 23.8 Å². The molecular formula is C11H8F4N2. The SMILES string of the molecule is CNc1cc(C(F)F)nc2cc(F)cc(F)c12. The second kappa shape index (κ2) is 4.20. The number of rotatable bonds is 2. The molecule has 90 valence electrons. The zero-order chi connectivity index (χ0) is 12.6. The number of aromatic nitrogens is 1. The third-order valence-electron chi connectivity index (χ3n) is 2.34. The van der Waals surface area contributed by atoms with Crippen LogP contribution in [0.3, 0.4) is 0 Å². The molecular weight excluding hydrogens is 236 g/mol. The third-order valence-corrected chi connectivity index (χ3v) is 2.34. The van der Waals surface area contributed by atoms with Gasteiger partial charge in [0, 0.05) is 24.9 Å². The maximum Gasteiger partial charge on any atom is 0.280 e. The van der Waals surface area contributed by atoms with Crippen molar-refractivity contribution in [3.8, 4) is 0 Å². The van der Waals surface area contributed by atoms with Gasteiger partial charge in [-0.1, -0.05) is 0 Å². The Morgan fingerprint density at radius 2 is 1.88 bits per heavy atom. The Morgan fingerprint density at radius 1 is 1.18 bits per heavy atom. The number of nitrogens with zero attached hydrogens (tertiary/aromatic N) is 1. The molecule has 0 fully saturated rings. The molecule has 0 amide bonds. The highest BCUT2D eigenvalue weighted by atomic mass is 19.3. The predicted octanol–water partition coefficient (Wildman–Crippen LogP) is 3.49. The summed E-state index contributed by atoms with van der Waals surface area (Å²) >= 11 is 0. The highest BCUT2D eigenvalue weighted by Crippen LogP contribution is 2.29. The van der Waals surface area contributed by atoms with E-state index in [4.69, 9.17) is 0 Å². The van der Waals surface area contributed by atoms with Gasteiger partial charge in [0.2, 0.25) is 0 Å². The normalized spacial score (nSPS) is 11.2. The van der Waals surface area contributed by atoms with E-state index >= 15 is 0 Å². The van der Waals surface area contributed by atoms with Crippen LogP contribution in [0.4, 0.5) is 23.2 Å². The molecule has 1 N–H and O–H groups in total. The van der Waals surface area contributed by atoms with Crippen LogP contribution in [-0.2, 0) is 0 Å². The summed E-state index contributed by atoms with van der Waals surface area (Å²) < 4.78 is 51.6. The molecule has 0 atom stereocenters. The molecule has 17 heavy (non-hydrogen) atoms. The fraction of sp³-hybridized carbons (Fsp3) is 0.182. The van der Waals surface area contributed by atoms with E-state index in [0.29, 0.717) is 6.07 Å². The molecule has 1 heterocycles. The number of hydrogen-bond donors (Lipinski definition) is 1. The van der Waals surface area contributed by atoms with Gasteiger partial charge in [0.15, 0.2) is 0 Å². The monoisotopic (exact) mass is 244 g/mol. The van der Waals surface area contributed by atoms with Crippen LogP contribution in [0.15, 0.2) is 18.2 Å². The second-order valence-corrected chi connectivity index (χ2v) is 3.43. The number of hydrogen-bond acceptors (Lipinski definition) is 2. The molecule has 2 nitrogen and oxygen atoms in total. The molecule has 6 heteroatoms. The Kier molecular flexibility index (Phi) is 2.87. The fourth-order valence-electron chi connectivity index (χ4n) is 1.62. The summed E-state index contributed by atoms with van der Waals surface area (Å²) in [5.41, 5.74) is -0.501. The molecule has 0 aliphatic rings. The van der Waals surface area contributed by atoms with Crippen molar-refractivity contribution in [2.75, 3.05) is 12.4 Å². The molecule has 0 saturated heterocycles. The molecule has 0 spiro atoms. The molecule has 2 rings (SSSR count). The van der Waals surface area contributed by atoms with E-state index in [1.807, 2.05) is 0 Å². The van der Waals surface area contributed by atoms with Crippen molar-refractivity contribution >= 4 is 16.6 Å². The van der Waals surface area contributed by atoms with Crippen LogP contribution in [0.1, 0.15) is 12.1 Å². The minimum atomic E-state index is -2.79. The molecule has 1 aromatic carbocycles. The van der Waals surface area contributed by atoms with Crippen molar-refractivity contribution in [2.45, 2.75) is 6.43 Å². The predicted molar refractivity (Wildman–Crippen MR) is 56.2 cm³/mol. The first kappa shape index (κ1) is 11.6. The van der Waals surface area contributed by atoms with E-state index in [0.717, 1.165) is 12.1 Å². The van der Waals surface area contributed by atoms with Crippen molar-refractivity contribution in [1.82, 2.24) is 4.98 Å². The number of anilines is 1. The van der Waals surface area contributed by atoms with Crippen molar-refractivity contribution in [3.63, 3.8) is 0 Å². The van der Waals surface area contributed by atoms with Gasteiger partial charge in [0.25, 0.3) is 6.43 Å². The van der Waals surface area contributed by atoms with Crippen molar-refractivity contribution in [2.24, 2.45) is 0 Å². The standard InChI is InChI=1S/C11H8F4N2/c1-16-7-4-9(11(14)15)17-8-3-5(12)2-6(13)10(7)8/h2-4,11H,1H3,(H,16,17). The lowest BCUT2D eigenvalue weighted by Crippen LogP contribution is -1.99. The van der Waals surface area contributed by atoms with Crippen molar-refractivity contribution in [1.29, 1.82) is 0 Å². The Labute approximate surface area is 94.3 Å². The van der Waals surface area contributed by atoms with Gasteiger partial charge in [-0.2, -0.15) is 0 Å². The zero-order valence-corrected chi connectivity index (χ0v) is 8.77. The molecule has 0 saturated carbocycles. The van der Waals surface area contributed by atoms with Crippen molar-refractivity contribution < 1.29 is 17.6 Å². The van der Waals surface area contributed by atoms with Crippen LogP contribution < -0.4 is 5.32 Å². The minimum Gasteiger partial charge on any atom is -0.387 e. The average molecular weight is 244 g/mol. The number of fused-ring (bicyclic) bond motifs is 1. The first-order valence-corrected chi connectivity index (χ1v) is 4.78. The average Bonchev–Trinajstić information content (AvgIpc) is 2.26. The van der Waals surface area contributed by atoms with Gasteiger partial charge in [0.1, 0.15) is 17.3 Å². The van der Waals surface area contributed by atoms with Gasteiger partial charge in [-0.15, -0.1) is 0 Å². The smallest absolute Gasteiger partial charge is 0.280 e. The quantitative estimate of drug-likeness (QED) is 0.818. The van der Waals surface area contributed by atoms with Crippen LogP contribution in [-0.4, -0.2) is 12.0 Å². The zero-order valence-electron chi connectivity index (χ0n) is 8.77. The van der Waals surface area contributed by atoms with Crippen LogP contribution in [0.25, 0.3) is 10.9 Å². The lowest BCUT2D eigenvalue weighted by molar-refractivity contribution is 0.146. The summed E-state index contributed by atoms with van der Waals surface area (Å²) in [5.74, 6) is -1.69.